The van der Waals surface area contributed by atoms with E-state index in [-0.39, 0.29) is 0 Å². The van der Waals surface area contributed by atoms with E-state index in [1.165, 1.54) is 16.7 Å². The topological polar surface area (TPSA) is 29.3 Å². The zero-order valence-corrected chi connectivity index (χ0v) is 12.7. The summed E-state index contributed by atoms with van der Waals surface area (Å²) in [6.45, 7) is 12.8. The van der Waals surface area contributed by atoms with Crippen molar-refractivity contribution in [1.82, 2.24) is 4.90 Å². The van der Waals surface area contributed by atoms with Gasteiger partial charge in [0.05, 0.1) is 0 Å². The molecule has 1 aromatic rings. The molecular formula is C16H28N2. The lowest BCUT2D eigenvalue weighted by Crippen LogP contribution is -2.36. The molecule has 18 heavy (non-hydrogen) atoms. The van der Waals surface area contributed by atoms with Gasteiger partial charge in [0.15, 0.2) is 0 Å². The van der Waals surface area contributed by atoms with E-state index in [9.17, 15) is 0 Å². The third-order valence-electron chi connectivity index (χ3n) is 3.27. The first-order chi connectivity index (χ1) is 8.24. The molecule has 0 bridgehead atoms. The van der Waals surface area contributed by atoms with Crippen LogP contribution in [0.4, 0.5) is 0 Å². The van der Waals surface area contributed by atoms with E-state index in [2.05, 4.69) is 64.8 Å². The molecule has 0 heterocycles. The predicted molar refractivity (Wildman–Crippen MR) is 79.8 cm³/mol. The van der Waals surface area contributed by atoms with E-state index < -0.39 is 0 Å². The fraction of sp³-hybridized carbons (Fsp3) is 0.625. The number of hydrogen-bond donors (Lipinski definition) is 1. The van der Waals surface area contributed by atoms with Crippen molar-refractivity contribution in [3.05, 3.63) is 34.9 Å². The van der Waals surface area contributed by atoms with Crippen molar-refractivity contribution in [2.24, 2.45) is 11.1 Å². The highest BCUT2D eigenvalue weighted by Gasteiger charge is 2.22. The number of likely N-dealkylation sites (N-methyl/N-ethyl adjacent to an activating group) is 1. The van der Waals surface area contributed by atoms with E-state index in [1.807, 2.05) is 0 Å². The van der Waals surface area contributed by atoms with Gasteiger partial charge in [-0.2, -0.15) is 0 Å². The maximum Gasteiger partial charge on any atom is 0.0470 e. The van der Waals surface area contributed by atoms with Gasteiger partial charge in [-0.25, -0.2) is 0 Å². The molecule has 1 unspecified atom stereocenters. The first-order valence-corrected chi connectivity index (χ1v) is 6.72. The molecule has 1 atom stereocenters. The molecule has 0 amide bonds. The van der Waals surface area contributed by atoms with Crippen LogP contribution >= 0.6 is 0 Å². The smallest absolute Gasteiger partial charge is 0.0470 e. The summed E-state index contributed by atoms with van der Waals surface area (Å²) in [4.78, 5) is 2.38. The fourth-order valence-corrected chi connectivity index (χ4v) is 2.52. The summed E-state index contributed by atoms with van der Waals surface area (Å²) in [5.74, 6) is 0. The van der Waals surface area contributed by atoms with Gasteiger partial charge in [-0.05, 0) is 37.4 Å². The minimum atomic E-state index is 0.292. The van der Waals surface area contributed by atoms with Crippen molar-refractivity contribution in [3.8, 4) is 0 Å². The zero-order chi connectivity index (χ0) is 13.9. The minimum absolute atomic E-state index is 0.292. The highest BCUT2D eigenvalue weighted by atomic mass is 15.1. The maximum absolute atomic E-state index is 6.00. The fourth-order valence-electron chi connectivity index (χ4n) is 2.52. The lowest BCUT2D eigenvalue weighted by molar-refractivity contribution is 0.175. The first kappa shape index (κ1) is 15.2. The third-order valence-corrected chi connectivity index (χ3v) is 3.27. The predicted octanol–water partition coefficient (Wildman–Crippen LogP) is 3.28. The van der Waals surface area contributed by atoms with E-state index in [0.29, 0.717) is 18.0 Å². The highest BCUT2D eigenvalue weighted by molar-refractivity contribution is 5.33. The van der Waals surface area contributed by atoms with Crippen LogP contribution in [0.1, 0.15) is 43.5 Å². The number of nitrogens with two attached hydrogens (primary N) is 1. The Labute approximate surface area is 112 Å². The quantitative estimate of drug-likeness (QED) is 0.886. The van der Waals surface area contributed by atoms with Crippen molar-refractivity contribution in [2.75, 3.05) is 20.1 Å². The highest BCUT2D eigenvalue weighted by Crippen LogP contribution is 2.26. The van der Waals surface area contributed by atoms with Crippen LogP contribution in [0.3, 0.4) is 0 Å². The van der Waals surface area contributed by atoms with Gasteiger partial charge in [0.1, 0.15) is 0 Å². The van der Waals surface area contributed by atoms with Gasteiger partial charge < -0.3 is 5.73 Å². The number of rotatable bonds is 4. The zero-order valence-electron chi connectivity index (χ0n) is 12.7. The molecule has 0 saturated carbocycles. The summed E-state index contributed by atoms with van der Waals surface area (Å²) >= 11 is 0. The van der Waals surface area contributed by atoms with E-state index in [1.54, 1.807) is 0 Å². The molecule has 0 radical (unpaired) electrons. The van der Waals surface area contributed by atoms with Crippen molar-refractivity contribution in [3.63, 3.8) is 0 Å². The SMILES string of the molecule is Cc1ccc(C)c(C(CN)N(C)CC(C)(C)C)c1. The minimum Gasteiger partial charge on any atom is -0.329 e. The number of hydrogen-bond acceptors (Lipinski definition) is 2. The lowest BCUT2D eigenvalue weighted by Gasteiger charge is -2.33. The van der Waals surface area contributed by atoms with E-state index in [4.69, 9.17) is 5.73 Å². The number of nitrogens with zero attached hydrogens (tertiary/aromatic N) is 1. The molecule has 0 aliphatic carbocycles. The molecule has 1 aromatic carbocycles. The van der Waals surface area contributed by atoms with Gasteiger partial charge in [-0.1, -0.05) is 44.5 Å². The van der Waals surface area contributed by atoms with Crippen molar-refractivity contribution >= 4 is 0 Å². The van der Waals surface area contributed by atoms with Crippen LogP contribution in [-0.2, 0) is 0 Å². The van der Waals surface area contributed by atoms with E-state index in [0.717, 1.165) is 6.54 Å². The number of aryl methyl sites for hydroxylation is 2. The Kier molecular flexibility index (Phi) is 4.94. The molecule has 0 saturated heterocycles. The Morgan fingerprint density at radius 1 is 1.22 bits per heavy atom. The largest absolute Gasteiger partial charge is 0.329 e. The Balaban J connectivity index is 2.98. The van der Waals surface area contributed by atoms with Crippen LogP contribution in [-0.4, -0.2) is 25.0 Å². The van der Waals surface area contributed by atoms with Gasteiger partial charge in [-0.3, -0.25) is 4.90 Å². The molecule has 1 rings (SSSR count). The second-order valence-corrected chi connectivity index (χ2v) is 6.59. The third kappa shape index (κ3) is 4.11. The standard InChI is InChI=1S/C16H28N2/c1-12-7-8-13(2)14(9-12)15(10-17)18(6)11-16(3,4)5/h7-9,15H,10-11,17H2,1-6H3. The summed E-state index contributed by atoms with van der Waals surface area (Å²) in [5.41, 5.74) is 10.3. The Morgan fingerprint density at radius 3 is 2.33 bits per heavy atom. The summed E-state index contributed by atoms with van der Waals surface area (Å²) in [6, 6.07) is 6.93. The van der Waals surface area contributed by atoms with Crippen LogP contribution in [0.5, 0.6) is 0 Å². The molecule has 0 fully saturated rings. The van der Waals surface area contributed by atoms with Crippen molar-refractivity contribution in [2.45, 2.75) is 40.7 Å². The Bertz CT molecular complexity index is 391. The van der Waals surface area contributed by atoms with Crippen LogP contribution in [0, 0.1) is 19.3 Å². The molecule has 0 aromatic heterocycles. The van der Waals surface area contributed by atoms with Gasteiger partial charge in [0, 0.05) is 19.1 Å². The van der Waals surface area contributed by atoms with E-state index >= 15 is 0 Å². The van der Waals surface area contributed by atoms with Crippen LogP contribution in [0.2, 0.25) is 0 Å². The molecule has 2 heteroatoms. The Hall–Kier alpha value is -0.860. The first-order valence-electron chi connectivity index (χ1n) is 6.72. The monoisotopic (exact) mass is 248 g/mol. The van der Waals surface area contributed by atoms with Gasteiger partial charge in [0.2, 0.25) is 0 Å². The summed E-state index contributed by atoms with van der Waals surface area (Å²) in [7, 11) is 2.17. The normalized spacial score (nSPS) is 14.0. The second-order valence-electron chi connectivity index (χ2n) is 6.59. The molecule has 2 nitrogen and oxygen atoms in total. The van der Waals surface area contributed by atoms with Gasteiger partial charge >= 0.3 is 0 Å². The molecule has 2 N–H and O–H groups in total. The molecular weight excluding hydrogens is 220 g/mol. The average Bonchev–Trinajstić information content (AvgIpc) is 2.21. The van der Waals surface area contributed by atoms with Crippen molar-refractivity contribution in [1.29, 1.82) is 0 Å². The van der Waals surface area contributed by atoms with Gasteiger partial charge in [0.25, 0.3) is 0 Å². The summed E-state index contributed by atoms with van der Waals surface area (Å²) in [5, 5.41) is 0. The maximum atomic E-state index is 6.00. The molecule has 0 aliphatic rings. The van der Waals surface area contributed by atoms with Gasteiger partial charge in [-0.15, -0.1) is 0 Å². The molecule has 0 spiro atoms. The molecule has 102 valence electrons. The van der Waals surface area contributed by atoms with Crippen LogP contribution in [0.25, 0.3) is 0 Å². The van der Waals surface area contributed by atoms with Crippen molar-refractivity contribution < 1.29 is 0 Å². The Morgan fingerprint density at radius 2 is 1.83 bits per heavy atom. The molecule has 0 aliphatic heterocycles. The van der Waals surface area contributed by atoms with Crippen LogP contribution < -0.4 is 5.73 Å². The summed E-state index contributed by atoms with van der Waals surface area (Å²) in [6.07, 6.45) is 0. The lowest BCUT2D eigenvalue weighted by atomic mass is 9.93. The second kappa shape index (κ2) is 5.85. The summed E-state index contributed by atoms with van der Waals surface area (Å²) < 4.78 is 0. The van der Waals surface area contributed by atoms with Crippen LogP contribution in [0.15, 0.2) is 18.2 Å². The number of benzene rings is 1. The average molecular weight is 248 g/mol.